The minimum Gasteiger partial charge on any atom is -0.481 e. The van der Waals surface area contributed by atoms with Gasteiger partial charge in [-0.15, -0.1) is 0 Å². The molecule has 0 saturated carbocycles. The molecule has 24 heavy (non-hydrogen) atoms. The summed E-state index contributed by atoms with van der Waals surface area (Å²) in [4.78, 5) is 35.4. The number of Topliss-reactive ketones (excluding diaryl/α,β-unsaturated/α-hetero) is 1. The van der Waals surface area contributed by atoms with Crippen molar-refractivity contribution in [2.75, 3.05) is 20.3 Å². The highest BCUT2D eigenvalue weighted by atomic mass is 16.6. The number of nitrogens with one attached hydrogen (secondary N) is 1. The lowest BCUT2D eigenvalue weighted by atomic mass is 10.1. The Morgan fingerprint density at radius 1 is 0.958 bits per heavy atom. The molecular formula is C18H17NO5. The van der Waals surface area contributed by atoms with Crippen LogP contribution in [0.4, 0.5) is 0 Å². The summed E-state index contributed by atoms with van der Waals surface area (Å²) in [6.45, 7) is -0.433. The number of hydrogen-bond acceptors (Lipinski definition) is 5. The number of esters is 1. The molecule has 1 N–H and O–H groups in total. The molecule has 2 aromatic rings. The highest BCUT2D eigenvalue weighted by molar-refractivity contribution is 6.03. The molecule has 0 fully saturated rings. The van der Waals surface area contributed by atoms with Crippen molar-refractivity contribution in [3.63, 3.8) is 0 Å². The van der Waals surface area contributed by atoms with Crippen molar-refractivity contribution >= 4 is 17.7 Å². The maximum Gasteiger partial charge on any atom is 0.343 e. The molecule has 0 saturated heterocycles. The fourth-order valence-electron chi connectivity index (χ4n) is 1.96. The number of methoxy groups -OCH3 is 1. The summed E-state index contributed by atoms with van der Waals surface area (Å²) in [6.07, 6.45) is 0. The Hall–Kier alpha value is -3.15. The lowest BCUT2D eigenvalue weighted by Gasteiger charge is -2.10. The molecular weight excluding hydrogens is 310 g/mol. The first kappa shape index (κ1) is 17.2. The maximum atomic E-state index is 12.3. The Morgan fingerprint density at radius 2 is 1.62 bits per heavy atom. The first-order valence-corrected chi connectivity index (χ1v) is 7.27. The predicted octanol–water partition coefficient (Wildman–Crippen LogP) is 1.85. The van der Waals surface area contributed by atoms with Crippen molar-refractivity contribution in [3.05, 3.63) is 65.7 Å². The number of amides is 1. The van der Waals surface area contributed by atoms with Crippen LogP contribution in [0.15, 0.2) is 54.6 Å². The quantitative estimate of drug-likeness (QED) is 0.620. The second-order valence-electron chi connectivity index (χ2n) is 4.83. The summed E-state index contributed by atoms with van der Waals surface area (Å²) in [5, 5.41) is 2.55. The van der Waals surface area contributed by atoms with E-state index >= 15 is 0 Å². The molecule has 0 spiro atoms. The highest BCUT2D eigenvalue weighted by Gasteiger charge is 2.15. The van der Waals surface area contributed by atoms with Gasteiger partial charge in [-0.2, -0.15) is 0 Å². The number of para-hydroxylation sites is 1. The predicted molar refractivity (Wildman–Crippen MR) is 87.1 cm³/mol. The van der Waals surface area contributed by atoms with Crippen LogP contribution in [0.3, 0.4) is 0 Å². The maximum absolute atomic E-state index is 12.3. The molecule has 0 atom stereocenters. The van der Waals surface area contributed by atoms with Gasteiger partial charge in [-0.05, 0) is 12.1 Å². The van der Waals surface area contributed by atoms with Crippen LogP contribution in [-0.2, 0) is 9.53 Å². The van der Waals surface area contributed by atoms with Gasteiger partial charge in [0.15, 0.2) is 12.4 Å². The van der Waals surface area contributed by atoms with Crippen LogP contribution in [0.1, 0.15) is 20.7 Å². The van der Waals surface area contributed by atoms with Gasteiger partial charge in [0, 0.05) is 5.56 Å². The number of ketones is 1. The summed E-state index contributed by atoms with van der Waals surface area (Å²) in [6, 6.07) is 15.1. The van der Waals surface area contributed by atoms with Crippen molar-refractivity contribution in [2.24, 2.45) is 0 Å². The highest BCUT2D eigenvalue weighted by Crippen LogP contribution is 2.17. The average Bonchev–Trinajstić information content (AvgIpc) is 2.64. The molecule has 2 aromatic carbocycles. The molecule has 0 aromatic heterocycles. The topological polar surface area (TPSA) is 81.7 Å². The fourth-order valence-corrected chi connectivity index (χ4v) is 1.96. The first-order valence-electron chi connectivity index (χ1n) is 7.27. The van der Waals surface area contributed by atoms with Crippen LogP contribution in [0.2, 0.25) is 0 Å². The minimum absolute atomic E-state index is 0.131. The molecule has 0 heterocycles. The third-order valence-electron chi connectivity index (χ3n) is 3.21. The normalized spacial score (nSPS) is 9.88. The molecule has 6 heteroatoms. The van der Waals surface area contributed by atoms with Crippen LogP contribution in [-0.4, -0.2) is 37.9 Å². The van der Waals surface area contributed by atoms with Gasteiger partial charge < -0.3 is 14.8 Å². The van der Waals surface area contributed by atoms with Crippen molar-refractivity contribution in [1.82, 2.24) is 5.32 Å². The SMILES string of the molecule is COC(=O)COc1ccccc1C(=O)NCC(=O)c1ccccc1. The van der Waals surface area contributed by atoms with Crippen molar-refractivity contribution < 1.29 is 23.9 Å². The largest absolute Gasteiger partial charge is 0.481 e. The van der Waals surface area contributed by atoms with Gasteiger partial charge in [0.1, 0.15) is 5.75 Å². The lowest BCUT2D eigenvalue weighted by molar-refractivity contribution is -0.142. The molecule has 124 valence electrons. The molecule has 0 bridgehead atoms. The van der Waals surface area contributed by atoms with Crippen molar-refractivity contribution in [3.8, 4) is 5.75 Å². The number of rotatable bonds is 7. The monoisotopic (exact) mass is 327 g/mol. The van der Waals surface area contributed by atoms with E-state index in [2.05, 4.69) is 10.1 Å². The van der Waals surface area contributed by atoms with Gasteiger partial charge >= 0.3 is 5.97 Å². The second-order valence-corrected chi connectivity index (χ2v) is 4.83. The van der Waals surface area contributed by atoms with E-state index in [0.29, 0.717) is 5.56 Å². The Balaban J connectivity index is 1.99. The Labute approximate surface area is 139 Å². The fraction of sp³-hybridized carbons (Fsp3) is 0.167. The van der Waals surface area contributed by atoms with Gasteiger partial charge in [0.05, 0.1) is 19.2 Å². The zero-order chi connectivity index (χ0) is 17.4. The van der Waals surface area contributed by atoms with E-state index in [1.165, 1.54) is 7.11 Å². The van der Waals surface area contributed by atoms with Gasteiger partial charge in [-0.25, -0.2) is 4.79 Å². The number of ether oxygens (including phenoxy) is 2. The summed E-state index contributed by atoms with van der Waals surface area (Å²) in [5.74, 6) is -0.964. The molecule has 1 amide bonds. The Bertz CT molecular complexity index is 727. The Kier molecular flexibility index (Phi) is 6.08. The van der Waals surface area contributed by atoms with Crippen LogP contribution in [0, 0.1) is 0 Å². The summed E-state index contributed by atoms with van der Waals surface area (Å²) < 4.78 is 9.77. The van der Waals surface area contributed by atoms with Crippen molar-refractivity contribution in [2.45, 2.75) is 0 Å². The van der Waals surface area contributed by atoms with E-state index in [-0.39, 0.29) is 30.2 Å². The Morgan fingerprint density at radius 3 is 2.33 bits per heavy atom. The summed E-state index contributed by atoms with van der Waals surface area (Å²) >= 11 is 0. The minimum atomic E-state index is -0.551. The number of benzene rings is 2. The number of carbonyl (C=O) groups excluding carboxylic acids is 3. The average molecular weight is 327 g/mol. The van der Waals surface area contributed by atoms with E-state index in [9.17, 15) is 14.4 Å². The molecule has 2 rings (SSSR count). The van der Waals surface area contributed by atoms with Crippen LogP contribution >= 0.6 is 0 Å². The molecule has 0 aliphatic heterocycles. The molecule has 0 unspecified atom stereocenters. The third-order valence-corrected chi connectivity index (χ3v) is 3.21. The number of hydrogen-bond donors (Lipinski definition) is 1. The molecule has 0 aliphatic rings. The van der Waals surface area contributed by atoms with Crippen LogP contribution in [0.5, 0.6) is 5.75 Å². The van der Waals surface area contributed by atoms with E-state index in [1.54, 1.807) is 48.5 Å². The van der Waals surface area contributed by atoms with Gasteiger partial charge in [0.25, 0.3) is 5.91 Å². The van der Waals surface area contributed by atoms with E-state index in [0.717, 1.165) is 0 Å². The summed E-state index contributed by atoms with van der Waals surface area (Å²) in [5.41, 5.74) is 0.760. The zero-order valence-corrected chi connectivity index (χ0v) is 13.2. The zero-order valence-electron chi connectivity index (χ0n) is 13.2. The number of carbonyl (C=O) groups is 3. The standard InChI is InChI=1S/C18H17NO5/c1-23-17(21)12-24-16-10-6-5-9-14(16)18(22)19-11-15(20)13-7-3-2-4-8-13/h2-10H,11-12H2,1H3,(H,19,22). The smallest absolute Gasteiger partial charge is 0.343 e. The second kappa shape index (κ2) is 8.47. The molecule has 0 aliphatic carbocycles. The lowest BCUT2D eigenvalue weighted by Crippen LogP contribution is -2.30. The van der Waals surface area contributed by atoms with E-state index < -0.39 is 11.9 Å². The molecule has 6 nitrogen and oxygen atoms in total. The van der Waals surface area contributed by atoms with Gasteiger partial charge in [0.2, 0.25) is 0 Å². The summed E-state index contributed by atoms with van der Waals surface area (Å²) in [7, 11) is 1.25. The third kappa shape index (κ3) is 4.67. The van der Waals surface area contributed by atoms with Crippen LogP contribution < -0.4 is 10.1 Å². The van der Waals surface area contributed by atoms with Crippen molar-refractivity contribution in [1.29, 1.82) is 0 Å². The van der Waals surface area contributed by atoms with Gasteiger partial charge in [-0.3, -0.25) is 9.59 Å². The first-order chi connectivity index (χ1) is 11.6. The van der Waals surface area contributed by atoms with E-state index in [4.69, 9.17) is 4.74 Å². The molecule has 0 radical (unpaired) electrons. The van der Waals surface area contributed by atoms with Gasteiger partial charge in [-0.1, -0.05) is 42.5 Å². The van der Waals surface area contributed by atoms with Crippen LogP contribution in [0.25, 0.3) is 0 Å². The van der Waals surface area contributed by atoms with E-state index in [1.807, 2.05) is 6.07 Å².